The third-order valence-electron chi connectivity index (χ3n) is 12.5. The molecule has 0 spiro atoms. The molecule has 0 heterocycles. The number of rotatable bonds is 50. The quantitative estimate of drug-likeness (QED) is 0.0148. The summed E-state index contributed by atoms with van der Waals surface area (Å²) in [5.74, 6) is -6.79. The summed E-state index contributed by atoms with van der Waals surface area (Å²) in [6.07, 6.45) is 26.5. The highest BCUT2D eigenvalue weighted by atomic mass is 16.6. The number of methoxy groups -OCH3 is 2. The first-order valence-electron chi connectivity index (χ1n) is 36.9. The van der Waals surface area contributed by atoms with Crippen molar-refractivity contribution in [2.45, 2.75) is 138 Å². The summed E-state index contributed by atoms with van der Waals surface area (Å²) in [5.41, 5.74) is 0.629. The average Bonchev–Trinajstić information content (AvgIpc) is 0.853. The van der Waals surface area contributed by atoms with E-state index in [9.17, 15) is 67.1 Å². The van der Waals surface area contributed by atoms with Gasteiger partial charge in [0.1, 0.15) is 64.1 Å². The Morgan fingerprint density at radius 1 is 0.336 bits per heavy atom. The summed E-state index contributed by atoms with van der Waals surface area (Å²) in [4.78, 5) is 161. The first-order valence-corrected chi connectivity index (χ1v) is 36.9. The van der Waals surface area contributed by atoms with Gasteiger partial charge in [-0.3, -0.25) is 4.79 Å². The molecule has 0 amide bonds. The maximum absolute atomic E-state index is 11.3. The smallest absolute Gasteiger partial charge is 0.333 e. The molecular weight excluding hydrogens is 1560 g/mol. The molecule has 32 heteroatoms. The molecule has 0 saturated heterocycles. The minimum absolute atomic E-state index is 0.161. The fourth-order valence-corrected chi connectivity index (χ4v) is 6.31. The summed E-state index contributed by atoms with van der Waals surface area (Å²) in [6.45, 7) is 65.4. The molecule has 119 heavy (non-hydrogen) atoms. The highest BCUT2D eigenvalue weighted by Gasteiger charge is 2.37. The Morgan fingerprint density at radius 2 is 0.571 bits per heavy atom. The lowest BCUT2D eigenvalue weighted by Crippen LogP contribution is -2.43. The average molecular weight is 1690 g/mol. The van der Waals surface area contributed by atoms with Crippen molar-refractivity contribution in [1.29, 1.82) is 0 Å². The fraction of sp³-hybridized carbons (Fsp3) is 0.460. The Hall–Kier alpha value is -12.0. The van der Waals surface area contributed by atoms with Crippen molar-refractivity contribution < 1.29 is 153 Å². The molecule has 1 aliphatic rings. The van der Waals surface area contributed by atoms with Crippen LogP contribution in [-0.2, 0) is 148 Å². The van der Waals surface area contributed by atoms with Crippen LogP contribution in [0.3, 0.4) is 0 Å². The largest absolute Gasteiger partial charge is 0.466 e. The van der Waals surface area contributed by atoms with Crippen molar-refractivity contribution in [3.8, 4) is 0 Å². The number of esters is 14. The fourth-order valence-electron chi connectivity index (χ4n) is 6.31. The Bertz CT molecular complexity index is 2920. The molecular formula is C87H130O32. The molecule has 0 atom stereocenters. The number of hydrogen-bond acceptors (Lipinski definition) is 32. The van der Waals surface area contributed by atoms with E-state index in [0.29, 0.717) is 93.6 Å². The summed E-state index contributed by atoms with van der Waals surface area (Å²) in [7, 11) is 2.62. The van der Waals surface area contributed by atoms with Crippen LogP contribution < -0.4 is 0 Å². The molecule has 0 unspecified atom stereocenters. The molecule has 1 saturated carbocycles. The van der Waals surface area contributed by atoms with E-state index in [2.05, 4.69) is 119 Å². The van der Waals surface area contributed by atoms with Crippen molar-refractivity contribution in [3.05, 3.63) is 200 Å². The third kappa shape index (κ3) is 100. The van der Waals surface area contributed by atoms with Gasteiger partial charge < -0.3 is 80.9 Å². The van der Waals surface area contributed by atoms with Gasteiger partial charge in [0.15, 0.2) is 0 Å². The predicted molar refractivity (Wildman–Crippen MR) is 448 cm³/mol. The standard InChI is InChI=1S/C17H20O8.C14H22O6.C14H22O4.C12H18O4.C9H14O2.C7H10O2.2C4H6O2.C3H8O.C3H4O/c1-5-13(18)22-9-17(10-23-14(19)6-2,11-24-15(20)7-3)12-25-16(21)8-4;1-11(2)13(15)19-9-7-17-5-6-18-8-10-20-14(16)12(3)4;1-11(2)13(15)17-9-7-5-6-8-10-18-14(16)12(3)4;1-3-11(13)15-9-7-5-6-8-10-16-12(14)4-2;1-2-9(10)11-8-6-4-3-5-7-8;1-4-5-9-7(8)6(2)3;2*1-3-4(5)6-2;2*1-2-3-4/h5-8H,1-4,9-12H2;1,3,5-10H2,2,4H3;1,3,5-10H2,2,4H3;3-4H,1-2,5-10H2;2,8H,1,3-7H2;4H,1-2,5H2,3H3;2*3H,1H2,2H3;4H,2-3H2,1H3;2-3H,1H2. The first kappa shape index (κ1) is 125. The normalized spacial score (nSPS) is 9.96. The van der Waals surface area contributed by atoms with E-state index in [1.54, 1.807) is 34.6 Å². The molecule has 1 aliphatic carbocycles. The van der Waals surface area contributed by atoms with Gasteiger partial charge in [0.2, 0.25) is 0 Å². The SMILES string of the molecule is C=C(C)C(=O)OCCCCCCOC(=O)C(=C)C.C=C(C)C(=O)OCCOCCOCCOC(=O)C(=C)C.C=CC(=O)OC.C=CC(=O)OC.C=CC(=O)OC1CCCCC1.C=CC(=O)OCC(COC(=O)C=C)(COC(=O)C=C)COC(=O)C=C.C=CC(=O)OCCCCCCOC(=O)C=C.C=CC=O.C=CCOC(=O)C(=C)C.CCCO. The van der Waals surface area contributed by atoms with Gasteiger partial charge in [-0.15, -0.1) is 0 Å². The van der Waals surface area contributed by atoms with Crippen LogP contribution in [0.5, 0.6) is 0 Å². The number of aliphatic hydroxyl groups excluding tert-OH is 1. The summed E-state index contributed by atoms with van der Waals surface area (Å²) in [5, 5.41) is 7.88. The van der Waals surface area contributed by atoms with Crippen LogP contribution in [0.1, 0.15) is 131 Å². The van der Waals surface area contributed by atoms with Crippen molar-refractivity contribution in [1.82, 2.24) is 0 Å². The third-order valence-corrected chi connectivity index (χ3v) is 12.5. The number of hydrogen-bond donors (Lipinski definition) is 1. The highest BCUT2D eigenvalue weighted by Crippen LogP contribution is 2.23. The molecule has 1 N–H and O–H groups in total. The van der Waals surface area contributed by atoms with E-state index in [0.717, 1.165) is 119 Å². The van der Waals surface area contributed by atoms with Crippen LogP contribution >= 0.6 is 0 Å². The zero-order chi connectivity index (χ0) is 93.1. The van der Waals surface area contributed by atoms with Crippen LogP contribution in [-0.4, -0.2) is 221 Å². The lowest BCUT2D eigenvalue weighted by atomic mass is 9.92. The molecule has 670 valence electrons. The Kier molecular flexibility index (Phi) is 98.0. The van der Waals surface area contributed by atoms with Crippen LogP contribution in [0.2, 0.25) is 0 Å². The van der Waals surface area contributed by atoms with E-state index in [4.69, 9.17) is 71.5 Å². The topological polar surface area (TPSA) is 424 Å². The molecule has 1 fully saturated rings. The number of ether oxygens (including phenoxy) is 16. The second kappa shape index (κ2) is 93.1. The molecule has 0 aromatic rings. The number of unbranched alkanes of at least 4 members (excludes halogenated alkanes) is 6. The predicted octanol–water partition coefficient (Wildman–Crippen LogP) is 11.7. The van der Waals surface area contributed by atoms with Crippen molar-refractivity contribution in [3.63, 3.8) is 0 Å². The van der Waals surface area contributed by atoms with Gasteiger partial charge in [0.05, 0.1) is 67.1 Å². The minimum atomic E-state index is -1.34. The van der Waals surface area contributed by atoms with Crippen molar-refractivity contribution in [2.24, 2.45) is 5.41 Å². The van der Waals surface area contributed by atoms with E-state index in [1.165, 1.54) is 51.7 Å². The molecule has 0 bridgehead atoms. The molecule has 0 aromatic carbocycles. The Morgan fingerprint density at radius 3 is 0.790 bits per heavy atom. The van der Waals surface area contributed by atoms with Gasteiger partial charge >= 0.3 is 83.6 Å². The number of allylic oxidation sites excluding steroid dienone is 1. The number of carbonyl (C=O) groups excluding carboxylic acids is 15. The minimum Gasteiger partial charge on any atom is -0.466 e. The Labute approximate surface area is 702 Å². The van der Waals surface area contributed by atoms with E-state index >= 15 is 0 Å². The van der Waals surface area contributed by atoms with Gasteiger partial charge in [0.25, 0.3) is 0 Å². The van der Waals surface area contributed by atoms with Gasteiger partial charge in [0, 0.05) is 89.2 Å². The second-order valence-electron chi connectivity index (χ2n) is 23.3. The van der Waals surface area contributed by atoms with Crippen molar-refractivity contribution >= 4 is 89.9 Å². The summed E-state index contributed by atoms with van der Waals surface area (Å²) >= 11 is 0. The lowest BCUT2D eigenvalue weighted by molar-refractivity contribution is -0.165. The highest BCUT2D eigenvalue weighted by molar-refractivity contribution is 5.89. The number of aliphatic hydroxyl groups is 1. The van der Waals surface area contributed by atoms with Crippen LogP contribution in [0.25, 0.3) is 0 Å². The first-order chi connectivity index (χ1) is 56.4. The van der Waals surface area contributed by atoms with Gasteiger partial charge in [-0.05, 0) is 124 Å². The molecule has 0 aromatic heterocycles. The van der Waals surface area contributed by atoms with E-state index in [-0.39, 0.29) is 88.2 Å². The number of aldehydes is 1. The summed E-state index contributed by atoms with van der Waals surface area (Å²) < 4.78 is 77.2. The monoisotopic (exact) mass is 1690 g/mol. The van der Waals surface area contributed by atoms with Crippen LogP contribution in [0.4, 0.5) is 0 Å². The second-order valence-corrected chi connectivity index (χ2v) is 23.3. The number of carbonyl (C=O) groups is 15. The maximum atomic E-state index is 11.3. The zero-order valence-electron chi connectivity index (χ0n) is 71.1. The molecule has 0 radical (unpaired) electrons. The lowest BCUT2D eigenvalue weighted by Gasteiger charge is -2.31. The maximum Gasteiger partial charge on any atom is 0.333 e. The zero-order valence-corrected chi connectivity index (χ0v) is 71.1. The van der Waals surface area contributed by atoms with Crippen molar-refractivity contribution in [2.75, 3.05) is 120 Å². The van der Waals surface area contributed by atoms with Crippen LogP contribution in [0.15, 0.2) is 200 Å². The van der Waals surface area contributed by atoms with Crippen LogP contribution in [0, 0.1) is 5.41 Å². The van der Waals surface area contributed by atoms with Gasteiger partial charge in [-0.1, -0.05) is 125 Å². The molecule has 32 nitrogen and oxygen atoms in total. The summed E-state index contributed by atoms with van der Waals surface area (Å²) in [6, 6.07) is 0. The molecule has 0 aliphatic heterocycles. The van der Waals surface area contributed by atoms with Gasteiger partial charge in [-0.25, -0.2) is 67.1 Å². The van der Waals surface area contributed by atoms with Gasteiger partial charge in [-0.2, -0.15) is 0 Å². The Balaban J connectivity index is -0.000000169. The van der Waals surface area contributed by atoms with E-state index < -0.39 is 53.2 Å². The van der Waals surface area contributed by atoms with E-state index in [1.807, 2.05) is 6.92 Å². The molecule has 1 rings (SSSR count).